The molecule has 3 nitrogen and oxygen atoms in total. The molecule has 0 aliphatic carbocycles. The number of hydrogen-bond donors (Lipinski definition) is 0. The van der Waals surface area contributed by atoms with Gasteiger partial charge < -0.3 is 9.64 Å². The third kappa shape index (κ3) is 4.77. The molecule has 0 aliphatic heterocycles. The Morgan fingerprint density at radius 1 is 1.27 bits per heavy atom. The summed E-state index contributed by atoms with van der Waals surface area (Å²) in [6, 6.07) is 10.8. The number of thiophene rings is 1. The second kappa shape index (κ2) is 8.22. The molecule has 0 spiro atoms. The van der Waals surface area contributed by atoms with Crippen molar-refractivity contribution in [1.82, 2.24) is 4.90 Å². The third-order valence-corrected chi connectivity index (χ3v) is 4.39. The molecule has 0 fully saturated rings. The predicted molar refractivity (Wildman–Crippen MR) is 91.9 cm³/mol. The number of halogens is 2. The first kappa shape index (κ1) is 16.9. The molecule has 1 amide bonds. The molecule has 0 atom stereocenters. The van der Waals surface area contributed by atoms with Gasteiger partial charge in [-0.05, 0) is 24.3 Å². The van der Waals surface area contributed by atoms with E-state index >= 15 is 0 Å². The number of rotatable bonds is 7. The van der Waals surface area contributed by atoms with Gasteiger partial charge in [-0.15, -0.1) is 17.9 Å². The standard InChI is InChI=1S/C16H15Cl2NO2S/c1-2-9-19(10-12-7-8-15(18)22-12)16(20)11-21-14-6-4-3-5-13(14)17/h2-8H,1,9-11H2. The summed E-state index contributed by atoms with van der Waals surface area (Å²) in [6.07, 6.45) is 1.68. The van der Waals surface area contributed by atoms with Crippen LogP contribution in [0.1, 0.15) is 4.88 Å². The van der Waals surface area contributed by atoms with Crippen molar-refractivity contribution in [2.75, 3.05) is 13.2 Å². The number of para-hydroxylation sites is 1. The molecule has 0 aliphatic rings. The second-order valence-electron chi connectivity index (χ2n) is 4.49. The molecule has 6 heteroatoms. The molecule has 116 valence electrons. The maximum atomic E-state index is 12.3. The lowest BCUT2D eigenvalue weighted by Gasteiger charge is -2.20. The van der Waals surface area contributed by atoms with Crippen LogP contribution in [0.15, 0.2) is 49.1 Å². The van der Waals surface area contributed by atoms with Crippen molar-refractivity contribution in [3.05, 3.63) is 63.3 Å². The van der Waals surface area contributed by atoms with E-state index in [0.717, 1.165) is 4.88 Å². The highest BCUT2D eigenvalue weighted by Gasteiger charge is 2.15. The molecule has 0 saturated heterocycles. The minimum atomic E-state index is -0.135. The average Bonchev–Trinajstić information content (AvgIpc) is 2.91. The Kier molecular flexibility index (Phi) is 6.31. The summed E-state index contributed by atoms with van der Waals surface area (Å²) in [5.74, 6) is 0.361. The minimum Gasteiger partial charge on any atom is -0.482 e. The van der Waals surface area contributed by atoms with Crippen LogP contribution in [0.4, 0.5) is 0 Å². The van der Waals surface area contributed by atoms with Crippen LogP contribution in [-0.2, 0) is 11.3 Å². The van der Waals surface area contributed by atoms with Crippen LogP contribution < -0.4 is 4.74 Å². The Morgan fingerprint density at radius 2 is 2.05 bits per heavy atom. The van der Waals surface area contributed by atoms with Crippen LogP contribution in [0.3, 0.4) is 0 Å². The van der Waals surface area contributed by atoms with Gasteiger partial charge in [0.25, 0.3) is 5.91 Å². The van der Waals surface area contributed by atoms with E-state index in [9.17, 15) is 4.79 Å². The molecule has 1 aromatic carbocycles. The second-order valence-corrected chi connectivity index (χ2v) is 6.69. The van der Waals surface area contributed by atoms with Crippen molar-refractivity contribution in [3.8, 4) is 5.75 Å². The first-order valence-electron chi connectivity index (χ1n) is 6.60. The van der Waals surface area contributed by atoms with Gasteiger partial charge >= 0.3 is 0 Å². The first-order chi connectivity index (χ1) is 10.6. The lowest BCUT2D eigenvalue weighted by atomic mass is 10.3. The Hall–Kier alpha value is -1.49. The van der Waals surface area contributed by atoms with E-state index in [1.807, 2.05) is 18.2 Å². The van der Waals surface area contributed by atoms with Crippen LogP contribution in [0.25, 0.3) is 0 Å². The maximum absolute atomic E-state index is 12.3. The van der Waals surface area contributed by atoms with Crippen LogP contribution in [0.2, 0.25) is 9.36 Å². The lowest BCUT2D eigenvalue weighted by Crippen LogP contribution is -2.34. The zero-order chi connectivity index (χ0) is 15.9. The topological polar surface area (TPSA) is 29.5 Å². The highest BCUT2D eigenvalue weighted by molar-refractivity contribution is 7.16. The molecule has 0 bridgehead atoms. The minimum absolute atomic E-state index is 0.0727. The molecule has 0 radical (unpaired) electrons. The molecular formula is C16H15Cl2NO2S. The summed E-state index contributed by atoms with van der Waals surface area (Å²) in [6.45, 7) is 4.54. The Balaban J connectivity index is 1.97. The molecular weight excluding hydrogens is 341 g/mol. The molecule has 0 saturated carbocycles. The largest absolute Gasteiger partial charge is 0.482 e. The zero-order valence-electron chi connectivity index (χ0n) is 11.8. The SMILES string of the molecule is C=CCN(Cc1ccc(Cl)s1)C(=O)COc1ccccc1Cl. The van der Waals surface area contributed by atoms with Crippen LogP contribution >= 0.6 is 34.5 Å². The van der Waals surface area contributed by atoms with Gasteiger partial charge in [0.1, 0.15) is 5.75 Å². The highest BCUT2D eigenvalue weighted by atomic mass is 35.5. The Labute approximate surface area is 143 Å². The number of amides is 1. The quantitative estimate of drug-likeness (QED) is 0.676. The highest BCUT2D eigenvalue weighted by Crippen LogP contribution is 2.24. The Bertz CT molecular complexity index is 657. The van der Waals surface area contributed by atoms with E-state index in [1.54, 1.807) is 29.2 Å². The summed E-state index contributed by atoms with van der Waals surface area (Å²) in [4.78, 5) is 15.0. The van der Waals surface area contributed by atoms with E-state index in [-0.39, 0.29) is 12.5 Å². The van der Waals surface area contributed by atoms with Gasteiger partial charge in [-0.2, -0.15) is 0 Å². The molecule has 1 aromatic heterocycles. The van der Waals surface area contributed by atoms with Gasteiger partial charge in [0, 0.05) is 11.4 Å². The van der Waals surface area contributed by atoms with Crippen molar-refractivity contribution >= 4 is 40.4 Å². The van der Waals surface area contributed by atoms with Crippen LogP contribution in [0, 0.1) is 0 Å². The first-order valence-corrected chi connectivity index (χ1v) is 8.17. The normalized spacial score (nSPS) is 10.3. The maximum Gasteiger partial charge on any atom is 0.261 e. The fourth-order valence-electron chi connectivity index (χ4n) is 1.83. The van der Waals surface area contributed by atoms with Crippen LogP contribution in [0.5, 0.6) is 5.75 Å². The van der Waals surface area contributed by atoms with Crippen LogP contribution in [-0.4, -0.2) is 24.0 Å². The van der Waals surface area contributed by atoms with Crippen molar-refractivity contribution in [3.63, 3.8) is 0 Å². The van der Waals surface area contributed by atoms with Gasteiger partial charge in [-0.1, -0.05) is 41.4 Å². The van der Waals surface area contributed by atoms with Crippen molar-refractivity contribution in [1.29, 1.82) is 0 Å². The number of carbonyl (C=O) groups excluding carboxylic acids is 1. The number of ether oxygens (including phenoxy) is 1. The summed E-state index contributed by atoms with van der Waals surface area (Å²) >= 11 is 13.4. The zero-order valence-corrected chi connectivity index (χ0v) is 14.1. The number of benzene rings is 1. The Morgan fingerprint density at radius 3 is 2.68 bits per heavy atom. The number of hydrogen-bond acceptors (Lipinski definition) is 3. The lowest BCUT2D eigenvalue weighted by molar-refractivity contribution is -0.133. The van der Waals surface area contributed by atoms with E-state index in [1.165, 1.54) is 11.3 Å². The van der Waals surface area contributed by atoms with Crippen molar-refractivity contribution in [2.24, 2.45) is 0 Å². The molecule has 0 unspecified atom stereocenters. The van der Waals surface area contributed by atoms with Gasteiger partial charge in [-0.25, -0.2) is 0 Å². The van der Waals surface area contributed by atoms with Crippen molar-refractivity contribution in [2.45, 2.75) is 6.54 Å². The van der Waals surface area contributed by atoms with Crippen molar-refractivity contribution < 1.29 is 9.53 Å². The molecule has 2 aromatic rings. The molecule has 22 heavy (non-hydrogen) atoms. The monoisotopic (exact) mass is 355 g/mol. The summed E-state index contributed by atoms with van der Waals surface area (Å²) in [7, 11) is 0. The van der Waals surface area contributed by atoms with E-state index in [2.05, 4.69) is 6.58 Å². The van der Waals surface area contributed by atoms with E-state index < -0.39 is 0 Å². The van der Waals surface area contributed by atoms with Gasteiger partial charge in [0.2, 0.25) is 0 Å². The average molecular weight is 356 g/mol. The predicted octanol–water partition coefficient (Wildman–Crippen LogP) is 4.65. The smallest absolute Gasteiger partial charge is 0.261 e. The number of carbonyl (C=O) groups is 1. The van der Waals surface area contributed by atoms with Gasteiger partial charge in [0.15, 0.2) is 6.61 Å². The third-order valence-electron chi connectivity index (χ3n) is 2.87. The van der Waals surface area contributed by atoms with E-state index in [0.29, 0.717) is 28.2 Å². The number of nitrogens with zero attached hydrogens (tertiary/aromatic N) is 1. The molecule has 0 N–H and O–H groups in total. The summed E-state index contributed by atoms with van der Waals surface area (Å²) in [5.41, 5.74) is 0. The summed E-state index contributed by atoms with van der Waals surface area (Å²) < 4.78 is 6.19. The fourth-order valence-corrected chi connectivity index (χ4v) is 3.12. The fraction of sp³-hybridized carbons (Fsp3) is 0.188. The summed E-state index contributed by atoms with van der Waals surface area (Å²) in [5, 5.41) is 0.482. The van der Waals surface area contributed by atoms with E-state index in [4.69, 9.17) is 27.9 Å². The molecule has 2 rings (SSSR count). The van der Waals surface area contributed by atoms with Gasteiger partial charge in [0.05, 0.1) is 15.9 Å². The van der Waals surface area contributed by atoms with Gasteiger partial charge in [-0.3, -0.25) is 4.79 Å². The molecule has 1 heterocycles.